The van der Waals surface area contributed by atoms with Crippen LogP contribution in [-0.4, -0.2) is 29.5 Å². The van der Waals surface area contributed by atoms with Gasteiger partial charge in [-0.15, -0.1) is 10.2 Å². The Labute approximate surface area is 130 Å². The summed E-state index contributed by atoms with van der Waals surface area (Å²) in [7, 11) is 2.10. The minimum Gasteiger partial charge on any atom is -0.316 e. The first-order valence-electron chi connectivity index (χ1n) is 8.62. The Morgan fingerprint density at radius 2 is 1.64 bits per heavy atom. The summed E-state index contributed by atoms with van der Waals surface area (Å²) >= 11 is 0. The van der Waals surface area contributed by atoms with Gasteiger partial charge >= 0.3 is 0 Å². The quantitative estimate of drug-likeness (QED) is 0.851. The second-order valence-electron chi connectivity index (χ2n) is 7.20. The van der Waals surface area contributed by atoms with Crippen molar-refractivity contribution >= 4 is 0 Å². The van der Waals surface area contributed by atoms with Crippen molar-refractivity contribution < 1.29 is 0 Å². The van der Waals surface area contributed by atoms with Crippen molar-refractivity contribution in [3.05, 3.63) is 23.3 Å². The summed E-state index contributed by atoms with van der Waals surface area (Å²) in [6.45, 7) is 0.710. The second-order valence-corrected chi connectivity index (χ2v) is 7.20. The zero-order valence-electron chi connectivity index (χ0n) is 13.1. The first kappa shape index (κ1) is 12.8. The normalized spacial score (nSPS) is 22.0. The molecule has 0 saturated heterocycles. The maximum absolute atomic E-state index is 4.82. The Morgan fingerprint density at radius 3 is 2.27 bits per heavy atom. The summed E-state index contributed by atoms with van der Waals surface area (Å²) in [6, 6.07) is 0. The van der Waals surface area contributed by atoms with Crippen LogP contribution >= 0.6 is 0 Å². The summed E-state index contributed by atoms with van der Waals surface area (Å²) in [5.74, 6) is 6.25. The standard InChI is InChI=1S/C16H22N6/c1-21-13(18-19-16(21)11-3-2-4-11)9-22-15(12-7-8-12)17-14(20-22)10-5-6-10/h10-12H,2-9H2,1H3. The van der Waals surface area contributed by atoms with Crippen molar-refractivity contribution in [2.24, 2.45) is 7.05 Å². The largest absolute Gasteiger partial charge is 0.316 e. The molecule has 0 radical (unpaired) electrons. The van der Waals surface area contributed by atoms with Crippen molar-refractivity contribution in [3.63, 3.8) is 0 Å². The van der Waals surface area contributed by atoms with E-state index in [1.54, 1.807) is 0 Å². The lowest BCUT2D eigenvalue weighted by atomic mass is 9.85. The second kappa shape index (κ2) is 4.64. The molecule has 3 saturated carbocycles. The molecule has 0 aromatic carbocycles. The van der Waals surface area contributed by atoms with Gasteiger partial charge in [-0.25, -0.2) is 9.67 Å². The molecule has 0 spiro atoms. The van der Waals surface area contributed by atoms with E-state index in [0.717, 1.165) is 17.5 Å². The monoisotopic (exact) mass is 298 g/mol. The van der Waals surface area contributed by atoms with E-state index >= 15 is 0 Å². The van der Waals surface area contributed by atoms with Gasteiger partial charge in [0.25, 0.3) is 0 Å². The lowest BCUT2D eigenvalue weighted by molar-refractivity contribution is 0.391. The predicted octanol–water partition coefficient (Wildman–Crippen LogP) is 2.48. The molecule has 6 nitrogen and oxygen atoms in total. The Hall–Kier alpha value is -1.72. The van der Waals surface area contributed by atoms with Crippen LogP contribution in [0.5, 0.6) is 0 Å². The molecule has 6 heteroatoms. The van der Waals surface area contributed by atoms with Crippen LogP contribution in [0.3, 0.4) is 0 Å². The number of nitrogens with zero attached hydrogens (tertiary/aromatic N) is 6. The molecule has 0 unspecified atom stereocenters. The van der Waals surface area contributed by atoms with Crippen molar-refractivity contribution in [3.8, 4) is 0 Å². The summed E-state index contributed by atoms with van der Waals surface area (Å²) in [6.07, 6.45) is 8.87. The molecule has 0 bridgehead atoms. The third kappa shape index (κ3) is 2.08. The summed E-state index contributed by atoms with van der Waals surface area (Å²) in [5, 5.41) is 13.6. The van der Waals surface area contributed by atoms with Gasteiger partial charge in [-0.2, -0.15) is 5.10 Å². The molecule has 0 N–H and O–H groups in total. The van der Waals surface area contributed by atoms with Gasteiger partial charge < -0.3 is 4.57 Å². The highest BCUT2D eigenvalue weighted by atomic mass is 15.4. The molecule has 0 atom stereocenters. The van der Waals surface area contributed by atoms with Crippen LogP contribution in [0, 0.1) is 0 Å². The molecule has 22 heavy (non-hydrogen) atoms. The fourth-order valence-electron chi connectivity index (χ4n) is 3.32. The van der Waals surface area contributed by atoms with Crippen molar-refractivity contribution in [1.82, 2.24) is 29.5 Å². The fourth-order valence-corrected chi connectivity index (χ4v) is 3.32. The lowest BCUT2D eigenvalue weighted by Gasteiger charge is -2.24. The molecule has 0 amide bonds. The van der Waals surface area contributed by atoms with Gasteiger partial charge in [0.05, 0.1) is 0 Å². The fraction of sp³-hybridized carbons (Fsp3) is 0.750. The summed E-state index contributed by atoms with van der Waals surface area (Å²) in [5.41, 5.74) is 0. The average molecular weight is 298 g/mol. The van der Waals surface area contributed by atoms with E-state index < -0.39 is 0 Å². The first-order chi connectivity index (χ1) is 10.8. The van der Waals surface area contributed by atoms with E-state index in [1.165, 1.54) is 50.8 Å². The van der Waals surface area contributed by atoms with E-state index in [9.17, 15) is 0 Å². The molecule has 5 rings (SSSR count). The van der Waals surface area contributed by atoms with Gasteiger partial charge in [-0.05, 0) is 38.5 Å². The van der Waals surface area contributed by atoms with Crippen LogP contribution in [0.1, 0.15) is 86.0 Å². The molecule has 2 aromatic rings. The molecule has 2 heterocycles. The average Bonchev–Trinajstić information content (AvgIpc) is 3.38. The Kier molecular flexibility index (Phi) is 2.69. The van der Waals surface area contributed by atoms with E-state index in [4.69, 9.17) is 10.1 Å². The molecule has 0 aliphatic heterocycles. The van der Waals surface area contributed by atoms with Gasteiger partial charge in [0.1, 0.15) is 18.2 Å². The Bertz CT molecular complexity index is 702. The van der Waals surface area contributed by atoms with Gasteiger partial charge in [-0.1, -0.05) is 6.42 Å². The minimum atomic E-state index is 0.615. The maximum atomic E-state index is 4.82. The first-order valence-corrected chi connectivity index (χ1v) is 8.62. The van der Waals surface area contributed by atoms with Crippen LogP contribution in [-0.2, 0) is 13.6 Å². The molecular weight excluding hydrogens is 276 g/mol. The Morgan fingerprint density at radius 1 is 0.909 bits per heavy atom. The van der Waals surface area contributed by atoms with Gasteiger partial charge in [-0.3, -0.25) is 0 Å². The maximum Gasteiger partial charge on any atom is 0.154 e. The minimum absolute atomic E-state index is 0.615. The summed E-state index contributed by atoms with van der Waals surface area (Å²) in [4.78, 5) is 4.82. The smallest absolute Gasteiger partial charge is 0.154 e. The zero-order valence-corrected chi connectivity index (χ0v) is 13.1. The van der Waals surface area contributed by atoms with E-state index in [2.05, 4.69) is 26.5 Å². The lowest BCUT2D eigenvalue weighted by Crippen LogP contribution is -2.16. The van der Waals surface area contributed by atoms with Gasteiger partial charge in [0.15, 0.2) is 11.6 Å². The van der Waals surface area contributed by atoms with Crippen molar-refractivity contribution in [1.29, 1.82) is 0 Å². The number of hydrogen-bond donors (Lipinski definition) is 0. The zero-order chi connectivity index (χ0) is 14.7. The molecule has 3 fully saturated rings. The van der Waals surface area contributed by atoms with Crippen LogP contribution < -0.4 is 0 Å². The van der Waals surface area contributed by atoms with Gasteiger partial charge in [0, 0.05) is 24.8 Å². The van der Waals surface area contributed by atoms with E-state index in [0.29, 0.717) is 24.3 Å². The molecule has 2 aromatic heterocycles. The highest BCUT2D eigenvalue weighted by Gasteiger charge is 2.34. The third-order valence-corrected chi connectivity index (χ3v) is 5.36. The predicted molar refractivity (Wildman–Crippen MR) is 80.7 cm³/mol. The van der Waals surface area contributed by atoms with Crippen LogP contribution in [0.2, 0.25) is 0 Å². The molecular formula is C16H22N6. The van der Waals surface area contributed by atoms with Crippen LogP contribution in [0.4, 0.5) is 0 Å². The van der Waals surface area contributed by atoms with Gasteiger partial charge in [0.2, 0.25) is 0 Å². The number of aromatic nitrogens is 6. The van der Waals surface area contributed by atoms with Crippen LogP contribution in [0.25, 0.3) is 0 Å². The number of hydrogen-bond acceptors (Lipinski definition) is 4. The Balaban J connectivity index is 1.44. The summed E-state index contributed by atoms with van der Waals surface area (Å²) < 4.78 is 4.28. The third-order valence-electron chi connectivity index (χ3n) is 5.36. The van der Waals surface area contributed by atoms with Crippen molar-refractivity contribution in [2.75, 3.05) is 0 Å². The highest BCUT2D eigenvalue weighted by molar-refractivity contribution is 5.13. The van der Waals surface area contributed by atoms with Crippen molar-refractivity contribution in [2.45, 2.75) is 69.2 Å². The SMILES string of the molecule is Cn1c(Cn2nc(C3CC3)nc2C2CC2)nnc1C1CCC1. The highest BCUT2D eigenvalue weighted by Crippen LogP contribution is 2.43. The molecule has 3 aliphatic carbocycles. The van der Waals surface area contributed by atoms with E-state index in [-0.39, 0.29) is 0 Å². The molecule has 116 valence electrons. The van der Waals surface area contributed by atoms with E-state index in [1.807, 2.05) is 0 Å². The topological polar surface area (TPSA) is 61.4 Å². The molecule has 3 aliphatic rings. The number of rotatable bonds is 5. The van der Waals surface area contributed by atoms with Crippen LogP contribution in [0.15, 0.2) is 0 Å².